The second kappa shape index (κ2) is 6.69. The third-order valence-corrected chi connectivity index (χ3v) is 3.84. The van der Waals surface area contributed by atoms with Crippen LogP contribution in [0, 0.1) is 0 Å². The van der Waals surface area contributed by atoms with Crippen LogP contribution >= 0.6 is 0 Å². The van der Waals surface area contributed by atoms with Gasteiger partial charge in [-0.1, -0.05) is 0 Å². The normalized spacial score (nSPS) is 22.9. The summed E-state index contributed by atoms with van der Waals surface area (Å²) in [6.45, 7) is 8.91. The lowest BCUT2D eigenvalue weighted by Gasteiger charge is -2.32. The third kappa shape index (κ3) is 5.34. The van der Waals surface area contributed by atoms with Gasteiger partial charge in [-0.15, -0.1) is 0 Å². The maximum absolute atomic E-state index is 9.18. The molecule has 0 aromatic heterocycles. The Balaban J connectivity index is 2.23. The maximum Gasteiger partial charge on any atom is 0.0609 e. The monoisotopic (exact) mass is 243 g/mol. The Kier molecular flexibility index (Phi) is 5.86. The van der Waals surface area contributed by atoms with Crippen molar-refractivity contribution >= 4 is 0 Å². The molecule has 1 aliphatic heterocycles. The van der Waals surface area contributed by atoms with Gasteiger partial charge in [-0.05, 0) is 53.2 Å². The summed E-state index contributed by atoms with van der Waals surface area (Å²) in [4.78, 5) is 4.87. The lowest BCUT2D eigenvalue weighted by molar-refractivity contribution is 0.145. The van der Waals surface area contributed by atoms with Gasteiger partial charge in [-0.25, -0.2) is 0 Å². The predicted molar refractivity (Wildman–Crippen MR) is 72.1 cm³/mol. The summed E-state index contributed by atoms with van der Waals surface area (Å²) in [6, 6.07) is 0.416. The fourth-order valence-corrected chi connectivity index (χ4v) is 2.42. The van der Waals surface area contributed by atoms with Crippen molar-refractivity contribution in [2.45, 2.75) is 44.7 Å². The standard InChI is InChI=1S/C13H29N3O/c1-12(10-13(2,14)11-17)15(3)8-9-16-6-4-5-7-16/h12,17H,4-11,14H2,1-3H3. The molecule has 0 bridgehead atoms. The van der Waals surface area contributed by atoms with E-state index in [0.717, 1.165) is 19.5 Å². The Morgan fingerprint density at radius 3 is 2.53 bits per heavy atom. The molecule has 102 valence electrons. The Labute approximate surface area is 106 Å². The van der Waals surface area contributed by atoms with E-state index in [0.29, 0.717) is 6.04 Å². The number of hydrogen-bond acceptors (Lipinski definition) is 4. The second-order valence-electron chi connectivity index (χ2n) is 5.89. The number of likely N-dealkylation sites (N-methyl/N-ethyl adjacent to an activating group) is 1. The van der Waals surface area contributed by atoms with Crippen LogP contribution in [0.1, 0.15) is 33.1 Å². The molecule has 17 heavy (non-hydrogen) atoms. The van der Waals surface area contributed by atoms with Crippen molar-refractivity contribution in [3.05, 3.63) is 0 Å². The molecule has 1 heterocycles. The third-order valence-electron chi connectivity index (χ3n) is 3.84. The van der Waals surface area contributed by atoms with Crippen molar-refractivity contribution in [2.24, 2.45) is 5.73 Å². The summed E-state index contributed by atoms with van der Waals surface area (Å²) >= 11 is 0. The van der Waals surface area contributed by atoms with Crippen molar-refractivity contribution in [3.63, 3.8) is 0 Å². The van der Waals surface area contributed by atoms with Crippen molar-refractivity contribution < 1.29 is 5.11 Å². The number of nitrogens with two attached hydrogens (primary N) is 1. The van der Waals surface area contributed by atoms with Gasteiger partial charge in [0.2, 0.25) is 0 Å². The molecule has 0 aromatic rings. The van der Waals surface area contributed by atoms with Gasteiger partial charge in [0.05, 0.1) is 6.61 Å². The molecule has 1 aliphatic rings. The van der Waals surface area contributed by atoms with Gasteiger partial charge in [-0.3, -0.25) is 0 Å². The quantitative estimate of drug-likeness (QED) is 0.684. The highest BCUT2D eigenvalue weighted by molar-refractivity contribution is 4.83. The Morgan fingerprint density at radius 1 is 1.41 bits per heavy atom. The van der Waals surface area contributed by atoms with Crippen LogP contribution in [0.2, 0.25) is 0 Å². The van der Waals surface area contributed by atoms with E-state index < -0.39 is 5.54 Å². The number of aliphatic hydroxyl groups is 1. The lowest BCUT2D eigenvalue weighted by atomic mass is 9.95. The highest BCUT2D eigenvalue weighted by Gasteiger charge is 2.23. The van der Waals surface area contributed by atoms with Crippen molar-refractivity contribution in [1.82, 2.24) is 9.80 Å². The molecule has 1 fully saturated rings. The fourth-order valence-electron chi connectivity index (χ4n) is 2.42. The average molecular weight is 243 g/mol. The van der Waals surface area contributed by atoms with E-state index >= 15 is 0 Å². The van der Waals surface area contributed by atoms with Gasteiger partial charge in [0, 0.05) is 24.7 Å². The molecule has 0 aliphatic carbocycles. The Morgan fingerprint density at radius 2 is 2.00 bits per heavy atom. The Bertz CT molecular complexity index is 215. The van der Waals surface area contributed by atoms with Crippen molar-refractivity contribution in [3.8, 4) is 0 Å². The van der Waals surface area contributed by atoms with Gasteiger partial charge < -0.3 is 20.6 Å². The zero-order valence-electron chi connectivity index (χ0n) is 11.7. The Hall–Kier alpha value is -0.160. The SMILES string of the molecule is CC(CC(C)(N)CO)N(C)CCN1CCCC1. The first kappa shape index (κ1) is 14.9. The molecule has 0 saturated carbocycles. The lowest BCUT2D eigenvalue weighted by Crippen LogP contribution is -2.47. The van der Waals surface area contributed by atoms with Crippen LogP contribution < -0.4 is 5.73 Å². The molecule has 1 rings (SSSR count). The van der Waals surface area contributed by atoms with Crippen LogP contribution in [0.5, 0.6) is 0 Å². The summed E-state index contributed by atoms with van der Waals surface area (Å²) in [6.07, 6.45) is 3.54. The van der Waals surface area contributed by atoms with Crippen LogP contribution in [0.25, 0.3) is 0 Å². The number of nitrogens with zero attached hydrogens (tertiary/aromatic N) is 2. The fraction of sp³-hybridized carbons (Fsp3) is 1.00. The van der Waals surface area contributed by atoms with Crippen LogP contribution in [0.4, 0.5) is 0 Å². The van der Waals surface area contributed by atoms with Crippen molar-refractivity contribution in [2.75, 3.05) is 39.8 Å². The number of aliphatic hydroxyl groups excluding tert-OH is 1. The van der Waals surface area contributed by atoms with Crippen molar-refractivity contribution in [1.29, 1.82) is 0 Å². The van der Waals surface area contributed by atoms with E-state index in [-0.39, 0.29) is 6.61 Å². The molecular weight excluding hydrogens is 214 g/mol. The van der Waals surface area contributed by atoms with Crippen LogP contribution in [0.15, 0.2) is 0 Å². The van der Waals surface area contributed by atoms with E-state index in [1.54, 1.807) is 0 Å². The molecule has 0 aromatic carbocycles. The first-order chi connectivity index (χ1) is 7.94. The van der Waals surface area contributed by atoms with Gasteiger partial charge in [-0.2, -0.15) is 0 Å². The molecule has 2 atom stereocenters. The molecule has 3 N–H and O–H groups in total. The van der Waals surface area contributed by atoms with Gasteiger partial charge in [0.1, 0.15) is 0 Å². The molecule has 2 unspecified atom stereocenters. The molecule has 1 saturated heterocycles. The van der Waals surface area contributed by atoms with Gasteiger partial charge in [0.25, 0.3) is 0 Å². The van der Waals surface area contributed by atoms with Crippen LogP contribution in [0.3, 0.4) is 0 Å². The van der Waals surface area contributed by atoms with E-state index in [9.17, 15) is 5.11 Å². The summed E-state index contributed by atoms with van der Waals surface area (Å²) in [5, 5.41) is 9.18. The molecule has 4 heteroatoms. The largest absolute Gasteiger partial charge is 0.394 e. The molecular formula is C13H29N3O. The zero-order chi connectivity index (χ0) is 12.9. The van der Waals surface area contributed by atoms with E-state index in [4.69, 9.17) is 5.73 Å². The minimum Gasteiger partial charge on any atom is -0.394 e. The highest BCUT2D eigenvalue weighted by atomic mass is 16.3. The van der Waals surface area contributed by atoms with Crippen LogP contribution in [-0.4, -0.2) is 66.3 Å². The number of rotatable bonds is 7. The second-order valence-corrected chi connectivity index (χ2v) is 5.89. The summed E-state index contributed by atoms with van der Waals surface area (Å²) < 4.78 is 0. The minimum absolute atomic E-state index is 0.0529. The first-order valence-corrected chi connectivity index (χ1v) is 6.77. The van der Waals surface area contributed by atoms with Gasteiger partial charge >= 0.3 is 0 Å². The number of likely N-dealkylation sites (tertiary alicyclic amines) is 1. The zero-order valence-corrected chi connectivity index (χ0v) is 11.7. The minimum atomic E-state index is -0.457. The topological polar surface area (TPSA) is 52.7 Å². The summed E-state index contributed by atoms with van der Waals surface area (Å²) in [5.41, 5.74) is 5.53. The molecule has 0 amide bonds. The summed E-state index contributed by atoms with van der Waals surface area (Å²) in [7, 11) is 2.15. The maximum atomic E-state index is 9.18. The highest BCUT2D eigenvalue weighted by Crippen LogP contribution is 2.13. The van der Waals surface area contributed by atoms with Gasteiger partial charge in [0.15, 0.2) is 0 Å². The summed E-state index contributed by atoms with van der Waals surface area (Å²) in [5.74, 6) is 0. The smallest absolute Gasteiger partial charge is 0.0609 e. The van der Waals surface area contributed by atoms with E-state index in [1.165, 1.54) is 25.9 Å². The van der Waals surface area contributed by atoms with E-state index in [1.807, 2.05) is 6.92 Å². The first-order valence-electron chi connectivity index (χ1n) is 6.77. The molecule has 0 radical (unpaired) electrons. The molecule has 4 nitrogen and oxygen atoms in total. The van der Waals surface area contributed by atoms with Crippen LogP contribution in [-0.2, 0) is 0 Å². The molecule has 0 spiro atoms. The average Bonchev–Trinajstić information content (AvgIpc) is 2.78. The van der Waals surface area contributed by atoms with E-state index in [2.05, 4.69) is 23.8 Å². The predicted octanol–water partition coefficient (Wildman–Crippen LogP) is 0.502. The number of hydrogen-bond donors (Lipinski definition) is 2.